The Morgan fingerprint density at radius 1 is 0.474 bits per heavy atom. The topological polar surface area (TPSA) is 0 Å². The summed E-state index contributed by atoms with van der Waals surface area (Å²) in [7, 11) is 0. The van der Waals surface area contributed by atoms with Gasteiger partial charge in [0, 0.05) is 0 Å². The van der Waals surface area contributed by atoms with E-state index in [9.17, 15) is 0 Å². The second-order valence-electron chi connectivity index (χ2n) is 10.2. The highest BCUT2D eigenvalue weighted by Crippen LogP contribution is 2.68. The van der Waals surface area contributed by atoms with E-state index in [1.54, 1.807) is 0 Å². The van der Waals surface area contributed by atoms with Crippen molar-refractivity contribution in [3.05, 3.63) is 0 Å². The summed E-state index contributed by atoms with van der Waals surface area (Å²) in [6, 6.07) is 0. The predicted octanol–water partition coefficient (Wildman–Crippen LogP) is 6.79. The molecule has 1 atom stereocenters. The standard InChI is InChI=1S/C19H40/c1-14(2)18(12,15(3,4)5)19(13,16(6,7)8)17(9,10)11/h14H,1-13H3. The second kappa shape index (κ2) is 4.78. The molecule has 0 aromatic carbocycles. The summed E-state index contributed by atoms with van der Waals surface area (Å²) < 4.78 is 0. The van der Waals surface area contributed by atoms with E-state index in [0.29, 0.717) is 5.92 Å². The molecule has 0 aromatic heterocycles. The van der Waals surface area contributed by atoms with Crippen molar-refractivity contribution in [3.8, 4) is 0 Å². The Balaban J connectivity index is 6.45. The third-order valence-corrected chi connectivity index (χ3v) is 6.75. The molecule has 0 aliphatic rings. The van der Waals surface area contributed by atoms with E-state index >= 15 is 0 Å². The van der Waals surface area contributed by atoms with Crippen LogP contribution in [0.4, 0.5) is 0 Å². The van der Waals surface area contributed by atoms with Crippen LogP contribution in [0.3, 0.4) is 0 Å². The molecule has 0 nitrogen and oxygen atoms in total. The lowest BCUT2D eigenvalue weighted by Crippen LogP contribution is -2.61. The Bertz CT molecular complexity index is 286. The minimum Gasteiger partial charge on any atom is -0.0622 e. The van der Waals surface area contributed by atoms with E-state index in [2.05, 4.69) is 90.0 Å². The van der Waals surface area contributed by atoms with Gasteiger partial charge in [-0.2, -0.15) is 0 Å². The lowest BCUT2D eigenvalue weighted by atomic mass is 9.37. The molecule has 116 valence electrons. The van der Waals surface area contributed by atoms with E-state index in [1.807, 2.05) is 0 Å². The highest BCUT2D eigenvalue weighted by molar-refractivity contribution is 5.10. The summed E-state index contributed by atoms with van der Waals surface area (Å²) >= 11 is 0. The molecule has 0 spiro atoms. The van der Waals surface area contributed by atoms with Gasteiger partial charge >= 0.3 is 0 Å². The van der Waals surface area contributed by atoms with Gasteiger partial charge in [0.25, 0.3) is 0 Å². The second-order valence-corrected chi connectivity index (χ2v) is 10.2. The Kier molecular flexibility index (Phi) is 4.78. The zero-order chi connectivity index (χ0) is 16.1. The van der Waals surface area contributed by atoms with Gasteiger partial charge in [-0.3, -0.25) is 0 Å². The first-order valence-corrected chi connectivity index (χ1v) is 7.94. The van der Waals surface area contributed by atoms with Crippen LogP contribution in [0, 0.1) is 33.0 Å². The zero-order valence-electron chi connectivity index (χ0n) is 16.1. The maximum absolute atomic E-state index is 2.53. The first kappa shape index (κ1) is 19.0. The molecule has 0 saturated carbocycles. The summed E-state index contributed by atoms with van der Waals surface area (Å²) in [4.78, 5) is 0. The Morgan fingerprint density at radius 2 is 0.737 bits per heavy atom. The van der Waals surface area contributed by atoms with Gasteiger partial charge in [-0.25, -0.2) is 0 Å². The first-order chi connectivity index (χ1) is 7.94. The summed E-state index contributed by atoms with van der Waals surface area (Å²) in [5.74, 6) is 0.649. The maximum Gasteiger partial charge on any atom is -0.0167 e. The number of rotatable bonds is 2. The van der Waals surface area contributed by atoms with Crippen LogP contribution in [-0.4, -0.2) is 0 Å². The molecule has 0 heterocycles. The molecule has 0 fully saturated rings. The van der Waals surface area contributed by atoms with Crippen molar-refractivity contribution in [1.82, 2.24) is 0 Å². The minimum absolute atomic E-state index is 0.236. The number of hydrogen-bond donors (Lipinski definition) is 0. The van der Waals surface area contributed by atoms with Gasteiger partial charge in [-0.15, -0.1) is 0 Å². The summed E-state index contributed by atoms with van der Waals surface area (Å²) in [5.41, 5.74) is 1.29. The molecule has 0 aliphatic heterocycles. The van der Waals surface area contributed by atoms with Gasteiger partial charge < -0.3 is 0 Å². The Labute approximate surface area is 123 Å². The largest absolute Gasteiger partial charge is 0.0622 e. The third kappa shape index (κ3) is 2.61. The van der Waals surface area contributed by atoms with Crippen LogP contribution in [0.2, 0.25) is 0 Å². The molecule has 0 radical (unpaired) electrons. The molecule has 0 amide bonds. The van der Waals surface area contributed by atoms with Gasteiger partial charge in [0.05, 0.1) is 0 Å². The summed E-state index contributed by atoms with van der Waals surface area (Å²) in [5, 5.41) is 0. The van der Waals surface area contributed by atoms with E-state index in [-0.39, 0.29) is 27.1 Å². The molecule has 1 unspecified atom stereocenters. The fourth-order valence-electron chi connectivity index (χ4n) is 4.88. The average Bonchev–Trinajstić information content (AvgIpc) is 2.09. The molecule has 0 rings (SSSR count). The third-order valence-electron chi connectivity index (χ3n) is 6.75. The molecular weight excluding hydrogens is 228 g/mol. The average molecular weight is 269 g/mol. The van der Waals surface area contributed by atoms with Crippen molar-refractivity contribution in [3.63, 3.8) is 0 Å². The lowest BCUT2D eigenvalue weighted by molar-refractivity contribution is -0.193. The van der Waals surface area contributed by atoms with Crippen LogP contribution in [0.5, 0.6) is 0 Å². The minimum atomic E-state index is 0.236. The zero-order valence-corrected chi connectivity index (χ0v) is 16.1. The highest BCUT2D eigenvalue weighted by Gasteiger charge is 2.62. The molecule has 19 heavy (non-hydrogen) atoms. The SMILES string of the molecule is CC(C)C(C)(C(C)(C)C)C(C)(C(C)(C)C)C(C)(C)C. The molecule has 0 aromatic rings. The van der Waals surface area contributed by atoms with Gasteiger partial charge in [0.2, 0.25) is 0 Å². The van der Waals surface area contributed by atoms with Crippen LogP contribution in [-0.2, 0) is 0 Å². The highest BCUT2D eigenvalue weighted by atomic mass is 14.7. The van der Waals surface area contributed by atoms with E-state index < -0.39 is 0 Å². The Morgan fingerprint density at radius 3 is 0.789 bits per heavy atom. The molecule has 0 heteroatoms. The van der Waals surface area contributed by atoms with Crippen LogP contribution < -0.4 is 0 Å². The van der Waals surface area contributed by atoms with Gasteiger partial charge in [-0.1, -0.05) is 90.0 Å². The monoisotopic (exact) mass is 268 g/mol. The van der Waals surface area contributed by atoms with Crippen molar-refractivity contribution in [2.75, 3.05) is 0 Å². The van der Waals surface area contributed by atoms with Crippen LogP contribution >= 0.6 is 0 Å². The van der Waals surface area contributed by atoms with Crippen molar-refractivity contribution >= 4 is 0 Å². The quantitative estimate of drug-likeness (QED) is 0.517. The van der Waals surface area contributed by atoms with Crippen molar-refractivity contribution in [2.24, 2.45) is 33.0 Å². The fraction of sp³-hybridized carbons (Fsp3) is 1.00. The van der Waals surface area contributed by atoms with Gasteiger partial charge in [0.15, 0.2) is 0 Å². The fourth-order valence-corrected chi connectivity index (χ4v) is 4.88. The normalized spacial score (nSPS) is 18.6. The van der Waals surface area contributed by atoms with Crippen molar-refractivity contribution < 1.29 is 0 Å². The van der Waals surface area contributed by atoms with E-state index in [4.69, 9.17) is 0 Å². The molecule has 0 saturated heterocycles. The van der Waals surface area contributed by atoms with Gasteiger partial charge in [-0.05, 0) is 33.0 Å². The van der Waals surface area contributed by atoms with E-state index in [1.165, 1.54) is 0 Å². The van der Waals surface area contributed by atoms with Crippen LogP contribution in [0.15, 0.2) is 0 Å². The lowest BCUT2D eigenvalue weighted by Gasteiger charge is -2.67. The molecule has 0 bridgehead atoms. The molecule has 0 N–H and O–H groups in total. The Hall–Kier alpha value is 0. The van der Waals surface area contributed by atoms with Crippen molar-refractivity contribution in [1.29, 1.82) is 0 Å². The summed E-state index contributed by atoms with van der Waals surface area (Å²) in [6.07, 6.45) is 0. The predicted molar refractivity (Wildman–Crippen MR) is 89.4 cm³/mol. The smallest absolute Gasteiger partial charge is 0.0167 e. The maximum atomic E-state index is 2.53. The first-order valence-electron chi connectivity index (χ1n) is 7.94. The van der Waals surface area contributed by atoms with Crippen LogP contribution in [0.1, 0.15) is 90.0 Å². The van der Waals surface area contributed by atoms with E-state index in [0.717, 1.165) is 0 Å². The summed E-state index contributed by atoms with van der Waals surface area (Å²) in [6.45, 7) is 31.6. The number of hydrogen-bond acceptors (Lipinski definition) is 0. The van der Waals surface area contributed by atoms with Crippen molar-refractivity contribution in [2.45, 2.75) is 90.0 Å². The van der Waals surface area contributed by atoms with Gasteiger partial charge in [0.1, 0.15) is 0 Å². The molecule has 0 aliphatic carbocycles. The van der Waals surface area contributed by atoms with Crippen LogP contribution in [0.25, 0.3) is 0 Å². The molecular formula is C19H40.